The number of piperazine rings is 1. The van der Waals surface area contributed by atoms with E-state index in [1.54, 1.807) is 0 Å². The lowest BCUT2D eigenvalue weighted by Crippen LogP contribution is -2.47. The predicted molar refractivity (Wildman–Crippen MR) is 71.8 cm³/mol. The molecule has 2 rings (SSSR count). The summed E-state index contributed by atoms with van der Waals surface area (Å²) in [5, 5.41) is 0. The minimum absolute atomic E-state index is 0. The van der Waals surface area contributed by atoms with Crippen molar-refractivity contribution in [2.45, 2.75) is 6.92 Å². The van der Waals surface area contributed by atoms with E-state index < -0.39 is 0 Å². The zero-order valence-corrected chi connectivity index (χ0v) is 11.2. The van der Waals surface area contributed by atoms with E-state index in [4.69, 9.17) is 0 Å². The Bertz CT molecular complexity index is 387. The first-order chi connectivity index (χ1) is 7.68. The molecule has 1 aliphatic heterocycles. The molecule has 1 aromatic rings. The van der Waals surface area contributed by atoms with Crippen LogP contribution in [0.2, 0.25) is 0 Å². The molecule has 3 nitrogen and oxygen atoms in total. The van der Waals surface area contributed by atoms with E-state index in [-0.39, 0.29) is 18.3 Å². The number of carbonyl (C=O) groups is 1. The average Bonchev–Trinajstić information content (AvgIpc) is 2.30. The maximum atomic E-state index is 12.2. The number of hydrogen-bond acceptors (Lipinski definition) is 2. The van der Waals surface area contributed by atoms with E-state index in [1.807, 2.05) is 36.1 Å². The molecule has 0 aliphatic carbocycles. The lowest BCUT2D eigenvalue weighted by atomic mass is 10.1. The normalized spacial score (nSPS) is 16.5. The Morgan fingerprint density at radius 3 is 2.29 bits per heavy atom. The van der Waals surface area contributed by atoms with E-state index in [0.717, 1.165) is 37.3 Å². The Balaban J connectivity index is 0.00000144. The van der Waals surface area contributed by atoms with Crippen molar-refractivity contribution in [2.75, 3.05) is 33.2 Å². The number of nitrogens with zero attached hydrogens (tertiary/aromatic N) is 2. The number of carbonyl (C=O) groups excluding carboxylic acids is 1. The molecule has 1 aromatic carbocycles. The van der Waals surface area contributed by atoms with Crippen LogP contribution in [0.15, 0.2) is 24.3 Å². The topological polar surface area (TPSA) is 23.6 Å². The zero-order chi connectivity index (χ0) is 11.5. The number of hydrogen-bond donors (Lipinski definition) is 0. The molecule has 1 fully saturated rings. The minimum Gasteiger partial charge on any atom is -0.336 e. The first-order valence-electron chi connectivity index (χ1n) is 5.72. The first-order valence-corrected chi connectivity index (χ1v) is 5.72. The van der Waals surface area contributed by atoms with E-state index in [2.05, 4.69) is 11.9 Å². The van der Waals surface area contributed by atoms with E-state index >= 15 is 0 Å². The second kappa shape index (κ2) is 6.03. The molecule has 0 saturated carbocycles. The maximum Gasteiger partial charge on any atom is 0.254 e. The molecule has 0 atom stereocenters. The van der Waals surface area contributed by atoms with Crippen molar-refractivity contribution in [1.82, 2.24) is 9.80 Å². The van der Waals surface area contributed by atoms with Gasteiger partial charge in [-0.25, -0.2) is 0 Å². The molecule has 1 amide bonds. The molecule has 17 heavy (non-hydrogen) atoms. The molecule has 0 unspecified atom stereocenters. The number of likely N-dealkylation sites (N-methyl/N-ethyl adjacent to an activating group) is 1. The summed E-state index contributed by atoms with van der Waals surface area (Å²) in [4.78, 5) is 16.4. The van der Waals surface area contributed by atoms with E-state index in [9.17, 15) is 4.79 Å². The van der Waals surface area contributed by atoms with E-state index in [0.29, 0.717) is 0 Å². The molecule has 0 aromatic heterocycles. The summed E-state index contributed by atoms with van der Waals surface area (Å²) in [5.74, 6) is 0.172. The standard InChI is InChI=1S/C13H18N2O.ClH/c1-11-5-3-4-6-12(11)13(16)15-9-7-14(2)8-10-15;/h3-6H,7-10H2,1-2H3;1H. The van der Waals surface area contributed by atoms with Crippen LogP contribution in [-0.2, 0) is 0 Å². The van der Waals surface area contributed by atoms with Crippen LogP contribution in [0.25, 0.3) is 0 Å². The van der Waals surface area contributed by atoms with Crippen LogP contribution in [0.1, 0.15) is 15.9 Å². The van der Waals surface area contributed by atoms with Crippen LogP contribution in [0.5, 0.6) is 0 Å². The number of amides is 1. The number of rotatable bonds is 1. The largest absolute Gasteiger partial charge is 0.336 e. The van der Waals surface area contributed by atoms with Gasteiger partial charge in [-0.3, -0.25) is 4.79 Å². The van der Waals surface area contributed by atoms with Crippen LogP contribution in [-0.4, -0.2) is 48.9 Å². The van der Waals surface area contributed by atoms with E-state index in [1.165, 1.54) is 0 Å². The lowest BCUT2D eigenvalue weighted by Gasteiger charge is -2.32. The van der Waals surface area contributed by atoms with Gasteiger partial charge in [0.1, 0.15) is 0 Å². The second-order valence-electron chi connectivity index (χ2n) is 4.41. The van der Waals surface area contributed by atoms with Crippen molar-refractivity contribution in [2.24, 2.45) is 0 Å². The quantitative estimate of drug-likeness (QED) is 0.763. The molecule has 0 radical (unpaired) electrons. The third kappa shape index (κ3) is 3.20. The highest BCUT2D eigenvalue weighted by Gasteiger charge is 2.20. The Hall–Kier alpha value is -1.06. The summed E-state index contributed by atoms with van der Waals surface area (Å²) < 4.78 is 0. The fraction of sp³-hybridized carbons (Fsp3) is 0.462. The van der Waals surface area contributed by atoms with Crippen molar-refractivity contribution in [3.8, 4) is 0 Å². The van der Waals surface area contributed by atoms with Gasteiger partial charge in [-0.2, -0.15) is 0 Å². The molecule has 0 spiro atoms. The van der Waals surface area contributed by atoms with Crippen LogP contribution in [0.4, 0.5) is 0 Å². The third-order valence-electron chi connectivity index (χ3n) is 3.17. The summed E-state index contributed by atoms with van der Waals surface area (Å²) >= 11 is 0. The number of aryl methyl sites for hydroxylation is 1. The zero-order valence-electron chi connectivity index (χ0n) is 10.3. The van der Waals surface area contributed by atoms with Crippen molar-refractivity contribution >= 4 is 18.3 Å². The highest BCUT2D eigenvalue weighted by molar-refractivity contribution is 5.95. The summed E-state index contributed by atoms with van der Waals surface area (Å²) in [6, 6.07) is 7.80. The summed E-state index contributed by atoms with van der Waals surface area (Å²) in [7, 11) is 2.09. The molecule has 1 saturated heterocycles. The summed E-state index contributed by atoms with van der Waals surface area (Å²) in [5.41, 5.74) is 1.90. The van der Waals surface area contributed by atoms with Gasteiger partial charge < -0.3 is 9.80 Å². The molecule has 1 aliphatic rings. The van der Waals surface area contributed by atoms with Crippen LogP contribution in [0.3, 0.4) is 0 Å². The lowest BCUT2D eigenvalue weighted by molar-refractivity contribution is 0.0663. The van der Waals surface area contributed by atoms with Crippen molar-refractivity contribution in [3.05, 3.63) is 35.4 Å². The van der Waals surface area contributed by atoms with Crippen molar-refractivity contribution < 1.29 is 4.79 Å². The first kappa shape index (κ1) is 14.0. The fourth-order valence-corrected chi connectivity index (χ4v) is 1.99. The Morgan fingerprint density at radius 2 is 1.71 bits per heavy atom. The molecule has 0 N–H and O–H groups in total. The Labute approximate surface area is 109 Å². The van der Waals surface area contributed by atoms with Gasteiger partial charge in [-0.05, 0) is 25.6 Å². The maximum absolute atomic E-state index is 12.2. The molecule has 1 heterocycles. The van der Waals surface area contributed by atoms with Crippen LogP contribution in [0, 0.1) is 6.92 Å². The summed E-state index contributed by atoms with van der Waals surface area (Å²) in [6.07, 6.45) is 0. The second-order valence-corrected chi connectivity index (χ2v) is 4.41. The highest BCUT2D eigenvalue weighted by atomic mass is 35.5. The molecular formula is C13H19ClN2O. The molecule has 0 bridgehead atoms. The van der Waals surface area contributed by atoms with Crippen molar-refractivity contribution in [3.63, 3.8) is 0 Å². The van der Waals surface area contributed by atoms with Gasteiger partial charge >= 0.3 is 0 Å². The number of halogens is 1. The molecule has 94 valence electrons. The van der Waals surface area contributed by atoms with Gasteiger partial charge in [0.15, 0.2) is 0 Å². The predicted octanol–water partition coefficient (Wildman–Crippen LogP) is 1.80. The summed E-state index contributed by atoms with van der Waals surface area (Å²) in [6.45, 7) is 5.60. The molecular weight excluding hydrogens is 236 g/mol. The highest BCUT2D eigenvalue weighted by Crippen LogP contribution is 2.12. The number of benzene rings is 1. The van der Waals surface area contributed by atoms with Crippen LogP contribution >= 0.6 is 12.4 Å². The van der Waals surface area contributed by atoms with Gasteiger partial charge in [0.25, 0.3) is 5.91 Å². The monoisotopic (exact) mass is 254 g/mol. The van der Waals surface area contributed by atoms with Gasteiger partial charge in [0.05, 0.1) is 0 Å². The smallest absolute Gasteiger partial charge is 0.254 e. The van der Waals surface area contributed by atoms with Crippen LogP contribution < -0.4 is 0 Å². The van der Waals surface area contributed by atoms with Gasteiger partial charge in [-0.1, -0.05) is 18.2 Å². The Kier molecular flexibility index (Phi) is 4.97. The fourth-order valence-electron chi connectivity index (χ4n) is 1.99. The van der Waals surface area contributed by atoms with Gasteiger partial charge in [0.2, 0.25) is 0 Å². The minimum atomic E-state index is 0. The third-order valence-corrected chi connectivity index (χ3v) is 3.17. The van der Waals surface area contributed by atoms with Crippen molar-refractivity contribution in [1.29, 1.82) is 0 Å². The average molecular weight is 255 g/mol. The SMILES string of the molecule is Cc1ccccc1C(=O)N1CCN(C)CC1.Cl. The van der Waals surface area contributed by atoms with Gasteiger partial charge in [0, 0.05) is 31.7 Å². The molecule has 4 heteroatoms. The van der Waals surface area contributed by atoms with Gasteiger partial charge in [-0.15, -0.1) is 12.4 Å². The Morgan fingerprint density at radius 1 is 1.12 bits per heavy atom.